The van der Waals surface area contributed by atoms with Gasteiger partial charge in [0.2, 0.25) is 0 Å². The Hall–Kier alpha value is -3.19. The van der Waals surface area contributed by atoms with Crippen LogP contribution in [0.5, 0.6) is 0 Å². The molecular weight excluding hydrogens is 409 g/mol. The highest BCUT2D eigenvalue weighted by atomic mass is 32.1. The Morgan fingerprint density at radius 2 is 2.00 bits per heavy atom. The Labute approximate surface area is 185 Å². The van der Waals surface area contributed by atoms with Gasteiger partial charge in [-0.05, 0) is 68.4 Å². The predicted molar refractivity (Wildman–Crippen MR) is 126 cm³/mol. The Bertz CT molecular complexity index is 1260. The number of halogens is 1. The molecule has 0 amide bonds. The lowest BCUT2D eigenvalue weighted by Gasteiger charge is -2.37. The third kappa shape index (κ3) is 3.49. The molecule has 1 aliphatic heterocycles. The second-order valence-corrected chi connectivity index (χ2v) is 8.26. The molecule has 3 heterocycles. The molecule has 0 fully saturated rings. The van der Waals surface area contributed by atoms with Crippen molar-refractivity contribution in [3.63, 3.8) is 0 Å². The maximum absolute atomic E-state index is 13.3. The molecule has 5 rings (SSSR count). The van der Waals surface area contributed by atoms with Crippen molar-refractivity contribution in [3.8, 4) is 0 Å². The number of nitrogens with one attached hydrogen (secondary N) is 2. The van der Waals surface area contributed by atoms with Crippen LogP contribution in [-0.2, 0) is 13.0 Å². The maximum atomic E-state index is 13.3. The third-order valence-electron chi connectivity index (χ3n) is 5.99. The van der Waals surface area contributed by atoms with Crippen LogP contribution < -0.4 is 5.32 Å². The zero-order valence-electron chi connectivity index (χ0n) is 17.5. The van der Waals surface area contributed by atoms with E-state index in [2.05, 4.69) is 57.7 Å². The number of anilines is 1. The van der Waals surface area contributed by atoms with Gasteiger partial charge in [-0.2, -0.15) is 5.10 Å². The molecule has 1 unspecified atom stereocenters. The van der Waals surface area contributed by atoms with Gasteiger partial charge in [-0.15, -0.1) is 0 Å². The van der Waals surface area contributed by atoms with Gasteiger partial charge in [-0.1, -0.05) is 18.2 Å². The van der Waals surface area contributed by atoms with Crippen LogP contribution in [-0.4, -0.2) is 31.3 Å². The van der Waals surface area contributed by atoms with E-state index in [0.29, 0.717) is 5.11 Å². The van der Waals surface area contributed by atoms with E-state index in [1.807, 2.05) is 11.6 Å². The number of para-hydroxylation sites is 1. The molecule has 0 saturated carbocycles. The average molecular weight is 434 g/mol. The van der Waals surface area contributed by atoms with Crippen LogP contribution in [0, 0.1) is 12.7 Å². The van der Waals surface area contributed by atoms with Gasteiger partial charge in [-0.3, -0.25) is 4.68 Å². The van der Waals surface area contributed by atoms with Gasteiger partial charge < -0.3 is 15.2 Å². The predicted octanol–water partition coefficient (Wildman–Crippen LogP) is 5.18. The highest BCUT2D eigenvalue weighted by Crippen LogP contribution is 2.39. The standard InChI is InChI=1S/C24H24FN5S/c1-3-29-14-20(15(2)28-29)23-22-19(18-6-4-5-7-21(18)27-22)12-13-30(23)24(31)26-17-10-8-16(25)9-11-17/h4-11,14,23,27H,3,12-13H2,1-2H3,(H,26,31). The van der Waals surface area contributed by atoms with Crippen LogP contribution in [0.25, 0.3) is 10.9 Å². The second-order valence-electron chi connectivity index (χ2n) is 7.87. The van der Waals surface area contributed by atoms with Gasteiger partial charge in [-0.25, -0.2) is 4.39 Å². The molecular formula is C24H24FN5S. The Morgan fingerprint density at radius 1 is 1.23 bits per heavy atom. The van der Waals surface area contributed by atoms with Crippen LogP contribution in [0.3, 0.4) is 0 Å². The first-order valence-corrected chi connectivity index (χ1v) is 10.9. The second kappa shape index (κ2) is 7.81. The summed E-state index contributed by atoms with van der Waals surface area (Å²) in [4.78, 5) is 5.87. The molecule has 0 saturated heterocycles. The first-order valence-electron chi connectivity index (χ1n) is 10.5. The van der Waals surface area contributed by atoms with Gasteiger partial charge in [0.05, 0.1) is 5.69 Å². The van der Waals surface area contributed by atoms with Crippen molar-refractivity contribution in [2.45, 2.75) is 32.9 Å². The van der Waals surface area contributed by atoms with Gasteiger partial charge in [0.1, 0.15) is 11.9 Å². The van der Waals surface area contributed by atoms with E-state index >= 15 is 0 Å². The lowest BCUT2D eigenvalue weighted by Crippen LogP contribution is -2.43. The molecule has 2 N–H and O–H groups in total. The molecule has 0 spiro atoms. The number of thiocarbonyl (C=S) groups is 1. The molecule has 1 atom stereocenters. The van der Waals surface area contributed by atoms with E-state index in [1.165, 1.54) is 23.1 Å². The summed E-state index contributed by atoms with van der Waals surface area (Å²) in [6.07, 6.45) is 3.01. The van der Waals surface area contributed by atoms with Gasteiger partial charge in [0, 0.05) is 47.1 Å². The molecule has 0 aliphatic carbocycles. The first kappa shape index (κ1) is 19.8. The van der Waals surface area contributed by atoms with Crippen LogP contribution >= 0.6 is 12.2 Å². The van der Waals surface area contributed by atoms with Crippen molar-refractivity contribution < 1.29 is 4.39 Å². The minimum Gasteiger partial charge on any atom is -0.356 e. The minimum absolute atomic E-state index is 0.0723. The van der Waals surface area contributed by atoms with E-state index in [0.717, 1.165) is 47.7 Å². The fraction of sp³-hybridized carbons (Fsp3) is 0.250. The van der Waals surface area contributed by atoms with Crippen molar-refractivity contribution in [2.75, 3.05) is 11.9 Å². The number of H-pyrrole nitrogens is 1. The number of hydrogen-bond donors (Lipinski definition) is 2. The molecule has 158 valence electrons. The summed E-state index contributed by atoms with van der Waals surface area (Å²) in [6.45, 7) is 5.73. The number of aromatic nitrogens is 3. The number of rotatable bonds is 3. The van der Waals surface area contributed by atoms with E-state index in [9.17, 15) is 4.39 Å². The number of benzene rings is 2. The molecule has 7 heteroatoms. The normalized spacial score (nSPS) is 15.8. The van der Waals surface area contributed by atoms with Crippen molar-refractivity contribution in [3.05, 3.63) is 83.1 Å². The lowest BCUT2D eigenvalue weighted by atomic mass is 9.93. The maximum Gasteiger partial charge on any atom is 0.174 e. The topological polar surface area (TPSA) is 48.9 Å². The average Bonchev–Trinajstić information content (AvgIpc) is 3.34. The van der Waals surface area contributed by atoms with Crippen molar-refractivity contribution in [2.24, 2.45) is 0 Å². The molecule has 4 aromatic rings. The quantitative estimate of drug-likeness (QED) is 0.437. The summed E-state index contributed by atoms with van der Waals surface area (Å²) >= 11 is 5.83. The Balaban J connectivity index is 1.59. The zero-order chi connectivity index (χ0) is 21.5. The fourth-order valence-corrected chi connectivity index (χ4v) is 4.79. The van der Waals surface area contributed by atoms with E-state index in [1.54, 1.807) is 12.1 Å². The number of fused-ring (bicyclic) bond motifs is 3. The summed E-state index contributed by atoms with van der Waals surface area (Å²) in [5, 5.41) is 9.86. The molecule has 0 bridgehead atoms. The summed E-state index contributed by atoms with van der Waals surface area (Å²) in [5.74, 6) is -0.266. The Kier molecular flexibility index (Phi) is 4.98. The van der Waals surface area contributed by atoms with Crippen LogP contribution in [0.2, 0.25) is 0 Å². The van der Waals surface area contributed by atoms with Crippen LogP contribution in [0.4, 0.5) is 10.1 Å². The lowest BCUT2D eigenvalue weighted by molar-refractivity contribution is 0.338. The summed E-state index contributed by atoms with van der Waals surface area (Å²) in [6, 6.07) is 14.6. The monoisotopic (exact) mass is 433 g/mol. The van der Waals surface area contributed by atoms with Gasteiger partial charge in [0.15, 0.2) is 5.11 Å². The number of aromatic amines is 1. The number of hydrogen-bond acceptors (Lipinski definition) is 2. The molecule has 5 nitrogen and oxygen atoms in total. The first-order chi connectivity index (χ1) is 15.0. The summed E-state index contributed by atoms with van der Waals surface area (Å²) in [5.41, 5.74) is 6.54. The zero-order valence-corrected chi connectivity index (χ0v) is 18.3. The molecule has 2 aromatic carbocycles. The molecule has 0 radical (unpaired) electrons. The van der Waals surface area contributed by atoms with Crippen LogP contribution in [0.1, 0.15) is 35.5 Å². The SMILES string of the molecule is CCn1cc(C2c3[nH]c4ccccc4c3CCN2C(=S)Nc2ccc(F)cc2)c(C)n1. The number of nitrogens with zero attached hydrogens (tertiary/aromatic N) is 3. The fourth-order valence-electron chi connectivity index (χ4n) is 4.48. The highest BCUT2D eigenvalue weighted by Gasteiger charge is 2.35. The molecule has 1 aliphatic rings. The smallest absolute Gasteiger partial charge is 0.174 e. The van der Waals surface area contributed by atoms with E-state index in [4.69, 9.17) is 12.2 Å². The van der Waals surface area contributed by atoms with Crippen molar-refractivity contribution in [1.29, 1.82) is 0 Å². The third-order valence-corrected chi connectivity index (χ3v) is 6.33. The summed E-state index contributed by atoms with van der Waals surface area (Å²) in [7, 11) is 0. The van der Waals surface area contributed by atoms with E-state index < -0.39 is 0 Å². The summed E-state index contributed by atoms with van der Waals surface area (Å²) < 4.78 is 15.3. The number of aryl methyl sites for hydroxylation is 2. The minimum atomic E-state index is -0.266. The molecule has 31 heavy (non-hydrogen) atoms. The largest absolute Gasteiger partial charge is 0.356 e. The molecule has 2 aromatic heterocycles. The Morgan fingerprint density at radius 3 is 2.74 bits per heavy atom. The highest BCUT2D eigenvalue weighted by molar-refractivity contribution is 7.80. The van der Waals surface area contributed by atoms with Gasteiger partial charge in [0.25, 0.3) is 0 Å². The van der Waals surface area contributed by atoms with Crippen molar-refractivity contribution >= 4 is 33.9 Å². The van der Waals surface area contributed by atoms with Gasteiger partial charge >= 0.3 is 0 Å². The van der Waals surface area contributed by atoms with Crippen LogP contribution in [0.15, 0.2) is 54.7 Å². The van der Waals surface area contributed by atoms with E-state index in [-0.39, 0.29) is 11.9 Å². The van der Waals surface area contributed by atoms with Crippen molar-refractivity contribution in [1.82, 2.24) is 19.7 Å².